The molecule has 18 heavy (non-hydrogen) atoms. The van der Waals surface area contributed by atoms with Crippen molar-refractivity contribution in [2.75, 3.05) is 26.4 Å². The second-order valence-electron chi connectivity index (χ2n) is 5.45. The SMILES string of the molecule is C#CCCCCNC1CCOC2(CCOCC2)C1. The molecule has 2 heterocycles. The Morgan fingerprint density at radius 3 is 2.83 bits per heavy atom. The van der Waals surface area contributed by atoms with E-state index in [4.69, 9.17) is 15.9 Å². The number of terminal acetylenes is 1. The van der Waals surface area contributed by atoms with Crippen LogP contribution in [0.15, 0.2) is 0 Å². The summed E-state index contributed by atoms with van der Waals surface area (Å²) in [6.07, 6.45) is 12.9. The minimum Gasteiger partial charge on any atom is -0.381 e. The first-order chi connectivity index (χ1) is 8.85. The molecule has 102 valence electrons. The molecule has 0 aromatic heterocycles. The maximum Gasteiger partial charge on any atom is 0.0741 e. The smallest absolute Gasteiger partial charge is 0.0741 e. The number of nitrogens with one attached hydrogen (secondary N) is 1. The van der Waals surface area contributed by atoms with Crippen LogP contribution in [0.1, 0.15) is 44.9 Å². The quantitative estimate of drug-likeness (QED) is 0.599. The van der Waals surface area contributed by atoms with Crippen LogP contribution in [0, 0.1) is 12.3 Å². The Hall–Kier alpha value is -0.560. The number of hydrogen-bond donors (Lipinski definition) is 1. The summed E-state index contributed by atoms with van der Waals surface area (Å²) < 4.78 is 11.5. The van der Waals surface area contributed by atoms with Gasteiger partial charge in [-0.1, -0.05) is 0 Å². The summed E-state index contributed by atoms with van der Waals surface area (Å²) in [6.45, 7) is 3.69. The van der Waals surface area contributed by atoms with Crippen LogP contribution < -0.4 is 5.32 Å². The summed E-state index contributed by atoms with van der Waals surface area (Å²) >= 11 is 0. The van der Waals surface area contributed by atoms with Crippen LogP contribution >= 0.6 is 0 Å². The topological polar surface area (TPSA) is 30.5 Å². The molecular weight excluding hydrogens is 226 g/mol. The molecule has 2 fully saturated rings. The number of hydrogen-bond acceptors (Lipinski definition) is 3. The van der Waals surface area contributed by atoms with Crippen molar-refractivity contribution in [3.05, 3.63) is 0 Å². The van der Waals surface area contributed by atoms with Crippen LogP contribution in [0.5, 0.6) is 0 Å². The lowest BCUT2D eigenvalue weighted by molar-refractivity contribution is -0.140. The van der Waals surface area contributed by atoms with Crippen LogP contribution in [0.25, 0.3) is 0 Å². The van der Waals surface area contributed by atoms with Gasteiger partial charge in [0.2, 0.25) is 0 Å². The van der Waals surface area contributed by atoms with Gasteiger partial charge in [-0.2, -0.15) is 0 Å². The molecule has 2 aliphatic heterocycles. The minimum atomic E-state index is 0.104. The van der Waals surface area contributed by atoms with Crippen molar-refractivity contribution >= 4 is 0 Å². The Balaban J connectivity index is 1.68. The molecule has 0 amide bonds. The molecule has 3 nitrogen and oxygen atoms in total. The summed E-state index contributed by atoms with van der Waals surface area (Å²) in [5.74, 6) is 2.69. The molecule has 0 bridgehead atoms. The first-order valence-electron chi connectivity index (χ1n) is 7.23. The van der Waals surface area contributed by atoms with Crippen LogP contribution in [-0.2, 0) is 9.47 Å². The fourth-order valence-corrected chi connectivity index (χ4v) is 2.95. The van der Waals surface area contributed by atoms with Gasteiger partial charge in [-0.05, 0) is 45.1 Å². The maximum absolute atomic E-state index is 6.03. The van der Waals surface area contributed by atoms with Crippen molar-refractivity contribution < 1.29 is 9.47 Å². The minimum absolute atomic E-state index is 0.104. The van der Waals surface area contributed by atoms with Gasteiger partial charge in [0.1, 0.15) is 0 Å². The van der Waals surface area contributed by atoms with Crippen LogP contribution in [0.2, 0.25) is 0 Å². The average molecular weight is 251 g/mol. The summed E-state index contributed by atoms with van der Waals surface area (Å²) in [6, 6.07) is 0.614. The van der Waals surface area contributed by atoms with Gasteiger partial charge in [0, 0.05) is 32.3 Å². The lowest BCUT2D eigenvalue weighted by Gasteiger charge is -2.43. The monoisotopic (exact) mass is 251 g/mol. The largest absolute Gasteiger partial charge is 0.381 e. The Kier molecular flexibility index (Phi) is 5.49. The highest BCUT2D eigenvalue weighted by Crippen LogP contribution is 2.34. The second-order valence-corrected chi connectivity index (χ2v) is 5.45. The third-order valence-corrected chi connectivity index (χ3v) is 4.08. The van der Waals surface area contributed by atoms with E-state index in [1.165, 1.54) is 6.42 Å². The van der Waals surface area contributed by atoms with E-state index in [0.717, 1.165) is 64.9 Å². The lowest BCUT2D eigenvalue weighted by atomic mass is 9.84. The van der Waals surface area contributed by atoms with E-state index in [0.29, 0.717) is 6.04 Å². The Morgan fingerprint density at radius 2 is 2.06 bits per heavy atom. The molecular formula is C15H25NO2. The fourth-order valence-electron chi connectivity index (χ4n) is 2.95. The van der Waals surface area contributed by atoms with E-state index in [1.807, 2.05) is 0 Å². The summed E-state index contributed by atoms with van der Waals surface area (Å²) in [7, 11) is 0. The first-order valence-corrected chi connectivity index (χ1v) is 7.23. The normalized spacial score (nSPS) is 26.9. The summed E-state index contributed by atoms with van der Waals surface area (Å²) in [5, 5.41) is 3.66. The molecule has 2 saturated heterocycles. The van der Waals surface area contributed by atoms with Gasteiger partial charge in [0.15, 0.2) is 0 Å². The van der Waals surface area contributed by atoms with E-state index in [1.54, 1.807) is 0 Å². The van der Waals surface area contributed by atoms with Crippen molar-refractivity contribution in [3.63, 3.8) is 0 Å². The van der Waals surface area contributed by atoms with Gasteiger partial charge >= 0.3 is 0 Å². The average Bonchev–Trinajstić information content (AvgIpc) is 2.40. The van der Waals surface area contributed by atoms with Gasteiger partial charge < -0.3 is 14.8 Å². The molecule has 1 N–H and O–H groups in total. The molecule has 1 atom stereocenters. The Labute approximate surface area is 111 Å². The van der Waals surface area contributed by atoms with Crippen molar-refractivity contribution in [1.29, 1.82) is 0 Å². The van der Waals surface area contributed by atoms with Gasteiger partial charge in [0.25, 0.3) is 0 Å². The summed E-state index contributed by atoms with van der Waals surface area (Å²) in [4.78, 5) is 0. The predicted octanol–water partition coefficient (Wildman–Crippen LogP) is 2.11. The molecule has 1 unspecified atom stereocenters. The molecule has 0 aliphatic carbocycles. The van der Waals surface area contributed by atoms with E-state index < -0.39 is 0 Å². The highest BCUT2D eigenvalue weighted by Gasteiger charge is 2.38. The van der Waals surface area contributed by atoms with Gasteiger partial charge in [-0.15, -0.1) is 12.3 Å². The zero-order valence-corrected chi connectivity index (χ0v) is 11.2. The molecule has 2 aliphatic rings. The zero-order chi connectivity index (χ0) is 12.7. The fraction of sp³-hybridized carbons (Fsp3) is 0.867. The zero-order valence-electron chi connectivity index (χ0n) is 11.2. The van der Waals surface area contributed by atoms with Crippen molar-refractivity contribution in [3.8, 4) is 12.3 Å². The third kappa shape index (κ3) is 3.98. The van der Waals surface area contributed by atoms with E-state index >= 15 is 0 Å². The Morgan fingerprint density at radius 1 is 1.22 bits per heavy atom. The number of rotatable bonds is 5. The molecule has 3 heteroatoms. The van der Waals surface area contributed by atoms with Crippen LogP contribution in [0.3, 0.4) is 0 Å². The van der Waals surface area contributed by atoms with E-state index in [-0.39, 0.29) is 5.60 Å². The maximum atomic E-state index is 6.03. The highest BCUT2D eigenvalue weighted by molar-refractivity contribution is 4.91. The predicted molar refractivity (Wildman–Crippen MR) is 72.4 cm³/mol. The van der Waals surface area contributed by atoms with E-state index in [2.05, 4.69) is 11.2 Å². The lowest BCUT2D eigenvalue weighted by Crippen LogP contribution is -2.50. The molecule has 0 aromatic carbocycles. The number of ether oxygens (including phenoxy) is 2. The Bertz CT molecular complexity index is 273. The van der Waals surface area contributed by atoms with Crippen LogP contribution in [0.4, 0.5) is 0 Å². The second kappa shape index (κ2) is 7.13. The van der Waals surface area contributed by atoms with E-state index in [9.17, 15) is 0 Å². The first kappa shape index (κ1) is 13.9. The van der Waals surface area contributed by atoms with Gasteiger partial charge in [-0.3, -0.25) is 0 Å². The van der Waals surface area contributed by atoms with Crippen LogP contribution in [-0.4, -0.2) is 38.0 Å². The molecule has 0 saturated carbocycles. The standard InChI is InChI=1S/C15H25NO2/c1-2-3-4-5-9-16-14-6-10-18-15(13-14)7-11-17-12-8-15/h1,14,16H,3-13H2. The van der Waals surface area contributed by atoms with Crippen molar-refractivity contribution in [1.82, 2.24) is 5.32 Å². The van der Waals surface area contributed by atoms with Gasteiger partial charge in [-0.25, -0.2) is 0 Å². The molecule has 0 radical (unpaired) electrons. The molecule has 0 aromatic rings. The molecule has 1 spiro atoms. The highest BCUT2D eigenvalue weighted by atomic mass is 16.5. The molecule has 2 rings (SSSR count). The van der Waals surface area contributed by atoms with Crippen molar-refractivity contribution in [2.24, 2.45) is 0 Å². The van der Waals surface area contributed by atoms with Crippen molar-refractivity contribution in [2.45, 2.75) is 56.6 Å². The van der Waals surface area contributed by atoms with Gasteiger partial charge in [0.05, 0.1) is 5.60 Å². The summed E-state index contributed by atoms with van der Waals surface area (Å²) in [5.41, 5.74) is 0.104. The third-order valence-electron chi connectivity index (χ3n) is 4.08. The number of unbranched alkanes of at least 4 members (excludes halogenated alkanes) is 2.